The van der Waals surface area contributed by atoms with Gasteiger partial charge in [0.15, 0.2) is 0 Å². The van der Waals surface area contributed by atoms with Crippen LogP contribution in [0.1, 0.15) is 37.0 Å². The molecule has 0 radical (unpaired) electrons. The molecule has 2 N–H and O–H groups in total. The Labute approximate surface area is 167 Å². The van der Waals surface area contributed by atoms with Gasteiger partial charge in [-0.05, 0) is 36.1 Å². The van der Waals surface area contributed by atoms with Gasteiger partial charge < -0.3 is 10.4 Å². The largest absolute Gasteiger partial charge is 0.478 e. The first-order valence-electron chi connectivity index (χ1n) is 9.11. The molecule has 1 aromatic heterocycles. The van der Waals surface area contributed by atoms with Gasteiger partial charge in [-0.25, -0.2) is 4.79 Å². The van der Waals surface area contributed by atoms with Crippen LogP contribution in [0.3, 0.4) is 0 Å². The van der Waals surface area contributed by atoms with Crippen LogP contribution in [-0.2, 0) is 4.79 Å². The van der Waals surface area contributed by atoms with Gasteiger partial charge >= 0.3 is 5.97 Å². The van der Waals surface area contributed by atoms with Gasteiger partial charge in [0.25, 0.3) is 0 Å². The number of benzene rings is 2. The summed E-state index contributed by atoms with van der Waals surface area (Å²) in [6, 6.07) is 14.4. The molecule has 0 atom stereocenters. The molecule has 7 heteroatoms. The highest BCUT2D eigenvalue weighted by Gasteiger charge is 2.18. The van der Waals surface area contributed by atoms with Crippen LogP contribution in [0.15, 0.2) is 48.5 Å². The molecule has 0 aliphatic carbocycles. The van der Waals surface area contributed by atoms with Crippen LogP contribution in [0.25, 0.3) is 21.7 Å². The number of carboxylic acids is 1. The van der Waals surface area contributed by atoms with E-state index in [4.69, 9.17) is 0 Å². The molecular formula is C21H21N3O3S. The lowest BCUT2D eigenvalue weighted by molar-refractivity contribution is -0.120. The zero-order valence-electron chi connectivity index (χ0n) is 15.7. The van der Waals surface area contributed by atoms with E-state index in [2.05, 4.69) is 15.5 Å². The second-order valence-corrected chi connectivity index (χ2v) is 7.32. The fourth-order valence-corrected chi connectivity index (χ4v) is 3.78. The molecular weight excluding hydrogens is 374 g/mol. The van der Waals surface area contributed by atoms with Gasteiger partial charge in [-0.2, -0.15) is 0 Å². The minimum absolute atomic E-state index is 0.0432. The smallest absolute Gasteiger partial charge is 0.335 e. The third-order valence-electron chi connectivity index (χ3n) is 4.59. The highest BCUT2D eigenvalue weighted by molar-refractivity contribution is 7.18. The first-order chi connectivity index (χ1) is 13.5. The molecule has 1 amide bonds. The Morgan fingerprint density at radius 3 is 2.43 bits per heavy atom. The summed E-state index contributed by atoms with van der Waals surface area (Å²) in [4.78, 5) is 23.6. The second kappa shape index (κ2) is 8.75. The maximum Gasteiger partial charge on any atom is 0.335 e. The lowest BCUT2D eigenvalue weighted by atomic mass is 9.98. The molecule has 0 saturated heterocycles. The van der Waals surface area contributed by atoms with Crippen molar-refractivity contribution in [1.82, 2.24) is 10.2 Å². The Morgan fingerprint density at radius 2 is 1.75 bits per heavy atom. The van der Waals surface area contributed by atoms with Crippen LogP contribution < -0.4 is 5.32 Å². The van der Waals surface area contributed by atoms with Crippen LogP contribution in [0, 0.1) is 5.92 Å². The van der Waals surface area contributed by atoms with Gasteiger partial charge in [0.1, 0.15) is 5.01 Å². The molecule has 28 heavy (non-hydrogen) atoms. The number of nitrogens with zero attached hydrogens (tertiary/aromatic N) is 2. The molecule has 0 aliphatic heterocycles. The Kier molecular flexibility index (Phi) is 6.16. The number of carbonyl (C=O) groups is 2. The molecule has 3 aromatic rings. The van der Waals surface area contributed by atoms with E-state index in [0.29, 0.717) is 10.1 Å². The number of aromatic carboxylic acids is 1. The standard InChI is InChI=1S/C21H21N3O3S/c1-3-13(4-2)18(25)22-21-24-23-19(28-21)17-11-6-5-10-16(17)14-8-7-9-15(12-14)20(26)27/h5-13H,3-4H2,1-2H3,(H,26,27)(H,22,24,25). The predicted molar refractivity (Wildman–Crippen MR) is 110 cm³/mol. The SMILES string of the molecule is CCC(CC)C(=O)Nc1nnc(-c2ccccc2-c2cccc(C(=O)O)c2)s1. The number of hydrogen-bond donors (Lipinski definition) is 2. The number of rotatable bonds is 7. The van der Waals surface area contributed by atoms with Crippen molar-refractivity contribution in [2.75, 3.05) is 5.32 Å². The zero-order valence-corrected chi connectivity index (χ0v) is 16.5. The van der Waals surface area contributed by atoms with E-state index in [1.54, 1.807) is 18.2 Å². The molecule has 144 valence electrons. The van der Waals surface area contributed by atoms with Crippen molar-refractivity contribution >= 4 is 28.3 Å². The number of aromatic nitrogens is 2. The average molecular weight is 395 g/mol. The molecule has 2 aromatic carbocycles. The molecule has 0 fully saturated rings. The first-order valence-corrected chi connectivity index (χ1v) is 9.92. The van der Waals surface area contributed by atoms with Gasteiger partial charge in [-0.15, -0.1) is 10.2 Å². The van der Waals surface area contributed by atoms with E-state index in [1.807, 2.05) is 44.2 Å². The Hall–Kier alpha value is -3.06. The Morgan fingerprint density at radius 1 is 1.04 bits per heavy atom. The normalized spacial score (nSPS) is 10.8. The summed E-state index contributed by atoms with van der Waals surface area (Å²) in [5, 5.41) is 21.6. The summed E-state index contributed by atoms with van der Waals surface area (Å²) in [6.45, 7) is 3.97. The minimum atomic E-state index is -0.971. The van der Waals surface area contributed by atoms with Crippen molar-refractivity contribution < 1.29 is 14.7 Å². The number of carboxylic acid groups (broad SMARTS) is 1. The van der Waals surface area contributed by atoms with Crippen LogP contribution in [-0.4, -0.2) is 27.2 Å². The van der Waals surface area contributed by atoms with E-state index < -0.39 is 5.97 Å². The number of anilines is 1. The van der Waals surface area contributed by atoms with Crippen LogP contribution >= 0.6 is 11.3 Å². The van der Waals surface area contributed by atoms with Gasteiger partial charge in [-0.1, -0.05) is 61.6 Å². The van der Waals surface area contributed by atoms with E-state index in [0.717, 1.165) is 29.5 Å². The van der Waals surface area contributed by atoms with E-state index in [9.17, 15) is 14.7 Å². The Bertz CT molecular complexity index is 996. The summed E-state index contributed by atoms with van der Waals surface area (Å²) in [7, 11) is 0. The molecule has 3 rings (SSSR count). The fourth-order valence-electron chi connectivity index (χ4n) is 2.99. The molecule has 0 saturated carbocycles. The third kappa shape index (κ3) is 4.26. The predicted octanol–water partition coefficient (Wildman–Crippen LogP) is 4.95. The molecule has 6 nitrogen and oxygen atoms in total. The highest BCUT2D eigenvalue weighted by Crippen LogP contribution is 2.35. The van der Waals surface area contributed by atoms with Gasteiger partial charge in [-0.3, -0.25) is 4.79 Å². The number of hydrogen-bond acceptors (Lipinski definition) is 5. The molecule has 0 spiro atoms. The monoisotopic (exact) mass is 395 g/mol. The van der Waals surface area contributed by atoms with Crippen LogP contribution in [0.2, 0.25) is 0 Å². The van der Waals surface area contributed by atoms with Crippen molar-refractivity contribution in [2.45, 2.75) is 26.7 Å². The molecule has 0 unspecified atom stereocenters. The maximum absolute atomic E-state index is 12.3. The number of amides is 1. The Balaban J connectivity index is 1.92. The molecule has 0 bridgehead atoms. The van der Waals surface area contributed by atoms with Gasteiger partial charge in [0.05, 0.1) is 5.56 Å². The van der Waals surface area contributed by atoms with Crippen molar-refractivity contribution in [3.05, 3.63) is 54.1 Å². The summed E-state index contributed by atoms with van der Waals surface area (Å²) in [6.07, 6.45) is 1.55. The first kappa shape index (κ1) is 19.7. The quantitative estimate of drug-likeness (QED) is 0.591. The molecule has 1 heterocycles. The van der Waals surface area contributed by atoms with Crippen LogP contribution in [0.5, 0.6) is 0 Å². The van der Waals surface area contributed by atoms with Crippen molar-refractivity contribution in [3.8, 4) is 21.7 Å². The lowest BCUT2D eigenvalue weighted by Gasteiger charge is -2.10. The summed E-state index contributed by atoms with van der Waals surface area (Å²) < 4.78 is 0. The van der Waals surface area contributed by atoms with E-state index >= 15 is 0 Å². The van der Waals surface area contributed by atoms with Crippen molar-refractivity contribution in [1.29, 1.82) is 0 Å². The van der Waals surface area contributed by atoms with Crippen LogP contribution in [0.4, 0.5) is 5.13 Å². The summed E-state index contributed by atoms with van der Waals surface area (Å²) in [5.41, 5.74) is 2.71. The molecule has 0 aliphatic rings. The van der Waals surface area contributed by atoms with E-state index in [-0.39, 0.29) is 17.4 Å². The number of nitrogens with one attached hydrogen (secondary N) is 1. The average Bonchev–Trinajstić information content (AvgIpc) is 3.17. The summed E-state index contributed by atoms with van der Waals surface area (Å²) in [5.74, 6) is -1.06. The zero-order chi connectivity index (χ0) is 20.1. The summed E-state index contributed by atoms with van der Waals surface area (Å²) >= 11 is 1.30. The van der Waals surface area contributed by atoms with E-state index in [1.165, 1.54) is 11.3 Å². The van der Waals surface area contributed by atoms with Crippen molar-refractivity contribution in [2.24, 2.45) is 5.92 Å². The lowest BCUT2D eigenvalue weighted by Crippen LogP contribution is -2.21. The third-order valence-corrected chi connectivity index (χ3v) is 5.46. The maximum atomic E-state index is 12.3. The van der Waals surface area contributed by atoms with Crippen molar-refractivity contribution in [3.63, 3.8) is 0 Å². The minimum Gasteiger partial charge on any atom is -0.478 e. The fraction of sp³-hybridized carbons (Fsp3) is 0.238. The highest BCUT2D eigenvalue weighted by atomic mass is 32.1. The van der Waals surface area contributed by atoms with Gasteiger partial charge in [0, 0.05) is 11.5 Å². The van der Waals surface area contributed by atoms with Gasteiger partial charge in [0.2, 0.25) is 11.0 Å². The second-order valence-electron chi connectivity index (χ2n) is 6.35. The topological polar surface area (TPSA) is 92.2 Å². The number of carbonyl (C=O) groups excluding carboxylic acids is 1.